The lowest BCUT2D eigenvalue weighted by Gasteiger charge is -2.17. The summed E-state index contributed by atoms with van der Waals surface area (Å²) in [7, 11) is 1.64. The summed E-state index contributed by atoms with van der Waals surface area (Å²) < 4.78 is 8.17. The summed E-state index contributed by atoms with van der Waals surface area (Å²) in [5, 5.41) is 0. The number of carbonyl (C=O) groups excluding carboxylic acids is 1. The Balaban J connectivity index is 2.03. The van der Waals surface area contributed by atoms with Crippen molar-refractivity contribution in [2.24, 2.45) is 0 Å². The molecule has 134 valence electrons. The van der Waals surface area contributed by atoms with Crippen molar-refractivity contribution >= 4 is 91.2 Å². The van der Waals surface area contributed by atoms with Gasteiger partial charge in [-0.1, -0.05) is 41.7 Å². The van der Waals surface area contributed by atoms with E-state index in [4.69, 9.17) is 17.0 Å². The van der Waals surface area contributed by atoms with E-state index in [0.29, 0.717) is 9.23 Å². The van der Waals surface area contributed by atoms with E-state index < -0.39 is 0 Å². The summed E-state index contributed by atoms with van der Waals surface area (Å²) in [6.45, 7) is 4.03. The van der Waals surface area contributed by atoms with E-state index in [0.717, 1.165) is 35.3 Å². The molecule has 2 aromatic rings. The number of carbonyl (C=O) groups is 1. The summed E-state index contributed by atoms with van der Waals surface area (Å²) in [5.74, 6) is 0.672. The fourth-order valence-corrected chi connectivity index (χ4v) is 6.16. The maximum Gasteiger partial charge on any atom is 0.270 e. The second kappa shape index (κ2) is 8.15. The highest BCUT2D eigenvalue weighted by Gasteiger charge is 2.34. The lowest BCUT2D eigenvalue weighted by molar-refractivity contribution is -0.113. The predicted molar refractivity (Wildman–Crippen MR) is 130 cm³/mol. The van der Waals surface area contributed by atoms with Crippen LogP contribution in [-0.2, 0) is 4.79 Å². The molecule has 3 nitrogen and oxygen atoms in total. The van der Waals surface area contributed by atoms with Gasteiger partial charge in [-0.25, -0.2) is 0 Å². The van der Waals surface area contributed by atoms with Crippen LogP contribution in [0.2, 0.25) is 0 Å². The minimum absolute atomic E-state index is 0.0946. The summed E-state index contributed by atoms with van der Waals surface area (Å²) in [6, 6.07) is 10.1. The van der Waals surface area contributed by atoms with Crippen molar-refractivity contribution < 1.29 is 9.53 Å². The van der Waals surface area contributed by atoms with Crippen molar-refractivity contribution in [3.05, 3.63) is 59.1 Å². The van der Waals surface area contributed by atoms with Gasteiger partial charge in [-0.2, -0.15) is 0 Å². The molecule has 1 saturated heterocycles. The van der Waals surface area contributed by atoms with Crippen LogP contribution in [0.5, 0.6) is 5.75 Å². The van der Waals surface area contributed by atoms with Gasteiger partial charge in [-0.3, -0.25) is 9.69 Å². The fraction of sp³-hybridized carbons (Fsp3) is 0.158. The molecule has 26 heavy (non-hydrogen) atoms. The zero-order valence-corrected chi connectivity index (χ0v) is 20.2. The Kier molecular flexibility index (Phi) is 6.30. The third kappa shape index (κ3) is 3.95. The van der Waals surface area contributed by atoms with Gasteiger partial charge in [0, 0.05) is 9.13 Å². The average Bonchev–Trinajstić information content (AvgIpc) is 2.82. The van der Waals surface area contributed by atoms with Crippen LogP contribution in [0.15, 0.2) is 35.2 Å². The van der Waals surface area contributed by atoms with Crippen LogP contribution in [0.3, 0.4) is 0 Å². The number of thiocarbonyl (C=S) groups is 1. The SMILES string of the molecule is COc1c(I)cc(I)cc1/C=C1\SC(=S)N(c2ccc(C)cc2C)C1=O. The minimum Gasteiger partial charge on any atom is -0.495 e. The second-order valence-corrected chi connectivity index (χ2v) is 9.90. The Bertz CT molecular complexity index is 957. The number of aryl methyl sites for hydroxylation is 2. The molecule has 0 spiro atoms. The Hall–Kier alpha value is -0.650. The van der Waals surface area contributed by atoms with Gasteiger partial charge in [-0.05, 0) is 88.9 Å². The zero-order chi connectivity index (χ0) is 19.0. The maximum atomic E-state index is 13.0. The monoisotopic (exact) mass is 607 g/mol. The molecule has 0 aromatic heterocycles. The van der Waals surface area contributed by atoms with E-state index in [-0.39, 0.29) is 5.91 Å². The third-order valence-corrected chi connectivity index (χ3v) is 6.64. The van der Waals surface area contributed by atoms with Crippen LogP contribution < -0.4 is 9.64 Å². The van der Waals surface area contributed by atoms with Crippen molar-refractivity contribution in [3.63, 3.8) is 0 Å². The van der Waals surface area contributed by atoms with E-state index in [1.165, 1.54) is 11.8 Å². The molecule has 3 rings (SSSR count). The Morgan fingerprint density at radius 1 is 1.19 bits per heavy atom. The lowest BCUT2D eigenvalue weighted by Crippen LogP contribution is -2.28. The van der Waals surface area contributed by atoms with Crippen LogP contribution in [0.25, 0.3) is 6.08 Å². The van der Waals surface area contributed by atoms with Crippen molar-refractivity contribution in [1.29, 1.82) is 0 Å². The second-order valence-electron chi connectivity index (χ2n) is 5.82. The van der Waals surface area contributed by atoms with E-state index in [1.807, 2.05) is 44.2 Å². The van der Waals surface area contributed by atoms with Crippen LogP contribution in [0.4, 0.5) is 5.69 Å². The molecule has 0 aliphatic carbocycles. The number of ether oxygens (including phenoxy) is 1. The van der Waals surface area contributed by atoms with E-state index >= 15 is 0 Å². The minimum atomic E-state index is -0.0946. The highest BCUT2D eigenvalue weighted by molar-refractivity contribution is 14.1. The van der Waals surface area contributed by atoms with Crippen molar-refractivity contribution in [2.75, 3.05) is 12.0 Å². The highest BCUT2D eigenvalue weighted by atomic mass is 127. The number of benzene rings is 2. The first-order chi connectivity index (χ1) is 12.3. The molecular formula is C19H15I2NO2S2. The van der Waals surface area contributed by atoms with Crippen LogP contribution in [0.1, 0.15) is 16.7 Å². The Labute approximate surface area is 189 Å². The molecule has 1 amide bonds. The number of rotatable bonds is 3. The van der Waals surface area contributed by atoms with E-state index in [2.05, 4.69) is 51.2 Å². The van der Waals surface area contributed by atoms with Gasteiger partial charge in [-0.15, -0.1) is 0 Å². The summed E-state index contributed by atoms with van der Waals surface area (Å²) in [6.07, 6.45) is 1.87. The van der Waals surface area contributed by atoms with Crippen molar-refractivity contribution in [2.45, 2.75) is 13.8 Å². The standard InChI is InChI=1S/C19H15I2NO2S2/c1-10-4-5-15(11(2)6-10)22-18(23)16(26-19(22)25)8-12-7-13(20)9-14(21)17(12)24-3/h4-9H,1-3H3/b16-8-. The average molecular weight is 607 g/mol. The molecule has 0 saturated carbocycles. The van der Waals surface area contributed by atoms with Gasteiger partial charge in [0.15, 0.2) is 4.32 Å². The van der Waals surface area contributed by atoms with Gasteiger partial charge in [0.2, 0.25) is 0 Å². The fourth-order valence-electron chi connectivity index (χ4n) is 2.78. The normalized spacial score (nSPS) is 15.9. The van der Waals surface area contributed by atoms with Gasteiger partial charge >= 0.3 is 0 Å². The Morgan fingerprint density at radius 3 is 2.58 bits per heavy atom. The smallest absolute Gasteiger partial charge is 0.270 e. The molecule has 7 heteroatoms. The number of hydrogen-bond donors (Lipinski definition) is 0. The molecule has 0 unspecified atom stereocenters. The first kappa shape index (κ1) is 20.1. The number of amides is 1. The summed E-state index contributed by atoms with van der Waals surface area (Å²) in [4.78, 5) is 15.3. The quantitative estimate of drug-likeness (QED) is 0.246. The molecule has 2 aromatic carbocycles. The molecule has 0 N–H and O–H groups in total. The first-order valence-electron chi connectivity index (χ1n) is 7.70. The molecule has 1 fully saturated rings. The predicted octanol–water partition coefficient (Wildman–Crippen LogP) is 5.93. The summed E-state index contributed by atoms with van der Waals surface area (Å²) in [5.41, 5.74) is 3.91. The Morgan fingerprint density at radius 2 is 1.92 bits per heavy atom. The third-order valence-electron chi connectivity index (χ3n) is 3.91. The van der Waals surface area contributed by atoms with Gasteiger partial charge in [0.25, 0.3) is 5.91 Å². The number of methoxy groups -OCH3 is 1. The first-order valence-corrected chi connectivity index (χ1v) is 11.1. The zero-order valence-electron chi connectivity index (χ0n) is 14.3. The van der Waals surface area contributed by atoms with Gasteiger partial charge < -0.3 is 4.74 Å². The molecule has 1 heterocycles. The highest BCUT2D eigenvalue weighted by Crippen LogP contribution is 2.39. The van der Waals surface area contributed by atoms with Crippen LogP contribution in [0, 0.1) is 21.0 Å². The van der Waals surface area contributed by atoms with Crippen molar-refractivity contribution in [1.82, 2.24) is 0 Å². The molecular weight excluding hydrogens is 592 g/mol. The molecule has 0 radical (unpaired) electrons. The van der Waals surface area contributed by atoms with E-state index in [1.54, 1.807) is 12.0 Å². The molecule has 1 aliphatic heterocycles. The number of nitrogens with zero attached hydrogens (tertiary/aromatic N) is 1. The molecule has 0 bridgehead atoms. The van der Waals surface area contributed by atoms with Crippen LogP contribution >= 0.6 is 69.2 Å². The number of halogens is 2. The number of hydrogen-bond acceptors (Lipinski definition) is 4. The topological polar surface area (TPSA) is 29.5 Å². The lowest BCUT2D eigenvalue weighted by atomic mass is 10.1. The van der Waals surface area contributed by atoms with Crippen molar-refractivity contribution in [3.8, 4) is 5.75 Å². The number of thioether (sulfide) groups is 1. The van der Waals surface area contributed by atoms with Gasteiger partial charge in [0.05, 0.1) is 21.3 Å². The molecule has 0 atom stereocenters. The summed E-state index contributed by atoms with van der Waals surface area (Å²) >= 11 is 11.3. The maximum absolute atomic E-state index is 13.0. The van der Waals surface area contributed by atoms with Crippen LogP contribution in [-0.4, -0.2) is 17.3 Å². The molecule has 1 aliphatic rings. The van der Waals surface area contributed by atoms with Gasteiger partial charge in [0.1, 0.15) is 5.75 Å². The number of anilines is 1. The van der Waals surface area contributed by atoms with E-state index in [9.17, 15) is 4.79 Å². The largest absolute Gasteiger partial charge is 0.495 e.